The Bertz CT molecular complexity index is 625. The van der Waals surface area contributed by atoms with Crippen molar-refractivity contribution in [1.29, 1.82) is 0 Å². The summed E-state index contributed by atoms with van der Waals surface area (Å²) >= 11 is 0. The summed E-state index contributed by atoms with van der Waals surface area (Å²) in [5, 5.41) is 3.25. The average molecular weight is 308 g/mol. The van der Waals surface area contributed by atoms with Crippen LogP contribution in [0.5, 0.6) is 5.75 Å². The predicted molar refractivity (Wildman–Crippen MR) is 76.6 cm³/mol. The molecular weight excluding hydrogens is 290 g/mol. The Kier molecular flexibility index (Phi) is 4.38. The fraction of sp³-hybridized carbons (Fsp3) is 0.438. The van der Waals surface area contributed by atoms with Gasteiger partial charge < -0.3 is 14.5 Å². The van der Waals surface area contributed by atoms with Crippen LogP contribution < -0.4 is 10.1 Å². The second kappa shape index (κ2) is 6.44. The molecule has 1 N–H and O–H groups in total. The molecule has 0 aliphatic carbocycles. The van der Waals surface area contributed by atoms with E-state index in [4.69, 9.17) is 9.15 Å². The van der Waals surface area contributed by atoms with Crippen LogP contribution in [0, 0.1) is 17.6 Å². The lowest BCUT2D eigenvalue weighted by atomic mass is 10.0. The minimum Gasteiger partial charge on any atom is -0.477 e. The smallest absolute Gasteiger partial charge is 0.235 e. The van der Waals surface area contributed by atoms with Crippen molar-refractivity contribution in [3.05, 3.63) is 47.7 Å². The highest BCUT2D eigenvalue weighted by atomic mass is 19.1. The molecule has 2 heterocycles. The molecule has 0 radical (unpaired) electrons. The molecule has 2 aromatic rings. The monoisotopic (exact) mass is 308 g/mol. The van der Waals surface area contributed by atoms with Crippen LogP contribution in [0.2, 0.25) is 0 Å². The molecule has 0 bridgehead atoms. The number of ether oxygens (including phenoxy) is 1. The Morgan fingerprint density at radius 3 is 2.95 bits per heavy atom. The summed E-state index contributed by atoms with van der Waals surface area (Å²) in [4.78, 5) is 4.14. The first-order valence-corrected chi connectivity index (χ1v) is 7.43. The lowest BCUT2D eigenvalue weighted by Crippen LogP contribution is -2.22. The first-order chi connectivity index (χ1) is 10.7. The number of nitrogens with one attached hydrogen (secondary N) is 1. The van der Waals surface area contributed by atoms with E-state index in [1.54, 1.807) is 0 Å². The molecule has 22 heavy (non-hydrogen) atoms. The normalized spacial score (nSPS) is 19.3. The van der Waals surface area contributed by atoms with Crippen molar-refractivity contribution >= 4 is 0 Å². The van der Waals surface area contributed by atoms with Crippen molar-refractivity contribution in [3.8, 4) is 5.75 Å². The van der Waals surface area contributed by atoms with Gasteiger partial charge in [-0.05, 0) is 31.0 Å². The molecule has 0 spiro atoms. The summed E-state index contributed by atoms with van der Waals surface area (Å²) in [6.45, 7) is 3.45. The molecular formula is C16H18F2N2O2. The SMILES string of the molecule is CCc1cc(F)cc(F)c1O[C@@H](c1ncco1)[C@H]1CCNC1. The van der Waals surface area contributed by atoms with Gasteiger partial charge in [0.05, 0.1) is 6.20 Å². The quantitative estimate of drug-likeness (QED) is 0.921. The number of oxazole rings is 1. The molecule has 1 aromatic heterocycles. The van der Waals surface area contributed by atoms with E-state index >= 15 is 0 Å². The molecule has 3 rings (SSSR count). The Morgan fingerprint density at radius 1 is 1.45 bits per heavy atom. The van der Waals surface area contributed by atoms with Crippen LogP contribution >= 0.6 is 0 Å². The second-order valence-corrected chi connectivity index (χ2v) is 5.39. The fourth-order valence-electron chi connectivity index (χ4n) is 2.79. The Balaban J connectivity index is 1.94. The van der Waals surface area contributed by atoms with Crippen molar-refractivity contribution < 1.29 is 17.9 Å². The van der Waals surface area contributed by atoms with Crippen LogP contribution in [-0.4, -0.2) is 18.1 Å². The summed E-state index contributed by atoms with van der Waals surface area (Å²) in [7, 11) is 0. The molecule has 1 saturated heterocycles. The highest BCUT2D eigenvalue weighted by Crippen LogP contribution is 2.34. The van der Waals surface area contributed by atoms with E-state index in [0.717, 1.165) is 25.6 Å². The first-order valence-electron chi connectivity index (χ1n) is 7.43. The van der Waals surface area contributed by atoms with Crippen LogP contribution in [-0.2, 0) is 6.42 Å². The van der Waals surface area contributed by atoms with E-state index in [9.17, 15) is 8.78 Å². The lowest BCUT2D eigenvalue weighted by Gasteiger charge is -2.23. The van der Waals surface area contributed by atoms with Crippen LogP contribution in [0.25, 0.3) is 0 Å². The van der Waals surface area contributed by atoms with Gasteiger partial charge in [-0.2, -0.15) is 0 Å². The van der Waals surface area contributed by atoms with Crippen LogP contribution in [0.3, 0.4) is 0 Å². The van der Waals surface area contributed by atoms with Crippen molar-refractivity contribution in [2.45, 2.75) is 25.9 Å². The highest BCUT2D eigenvalue weighted by molar-refractivity contribution is 5.36. The van der Waals surface area contributed by atoms with Gasteiger partial charge in [-0.1, -0.05) is 6.92 Å². The summed E-state index contributed by atoms with van der Waals surface area (Å²) in [5.74, 6) is -0.664. The van der Waals surface area contributed by atoms with E-state index in [0.29, 0.717) is 17.9 Å². The molecule has 1 aromatic carbocycles. The van der Waals surface area contributed by atoms with Crippen LogP contribution in [0.4, 0.5) is 8.78 Å². The van der Waals surface area contributed by atoms with Crippen molar-refractivity contribution in [2.24, 2.45) is 5.92 Å². The van der Waals surface area contributed by atoms with E-state index in [-0.39, 0.29) is 11.7 Å². The van der Waals surface area contributed by atoms with E-state index in [1.165, 1.54) is 18.5 Å². The summed E-state index contributed by atoms with van der Waals surface area (Å²) < 4.78 is 38.8. The van der Waals surface area contributed by atoms with Crippen molar-refractivity contribution in [3.63, 3.8) is 0 Å². The number of halogens is 2. The van der Waals surface area contributed by atoms with Gasteiger partial charge in [0.15, 0.2) is 17.7 Å². The first kappa shape index (κ1) is 15.0. The van der Waals surface area contributed by atoms with Gasteiger partial charge in [-0.25, -0.2) is 13.8 Å². The molecule has 0 unspecified atom stereocenters. The lowest BCUT2D eigenvalue weighted by molar-refractivity contribution is 0.108. The van der Waals surface area contributed by atoms with Gasteiger partial charge in [-0.3, -0.25) is 0 Å². The molecule has 6 heteroatoms. The van der Waals surface area contributed by atoms with Crippen molar-refractivity contribution in [1.82, 2.24) is 10.3 Å². The van der Waals surface area contributed by atoms with Gasteiger partial charge >= 0.3 is 0 Å². The Morgan fingerprint density at radius 2 is 2.32 bits per heavy atom. The molecule has 2 atom stereocenters. The number of hydrogen-bond donors (Lipinski definition) is 1. The Hall–Kier alpha value is -1.95. The molecule has 0 amide bonds. The van der Waals surface area contributed by atoms with Gasteiger partial charge in [0.2, 0.25) is 5.89 Å². The van der Waals surface area contributed by atoms with Gasteiger partial charge in [0.25, 0.3) is 0 Å². The van der Waals surface area contributed by atoms with E-state index < -0.39 is 17.7 Å². The zero-order chi connectivity index (χ0) is 15.5. The van der Waals surface area contributed by atoms with Gasteiger partial charge in [0.1, 0.15) is 12.1 Å². The van der Waals surface area contributed by atoms with Gasteiger partial charge in [0, 0.05) is 18.5 Å². The maximum Gasteiger partial charge on any atom is 0.235 e. The third-order valence-corrected chi connectivity index (χ3v) is 3.93. The van der Waals surface area contributed by atoms with E-state index in [2.05, 4.69) is 10.3 Å². The van der Waals surface area contributed by atoms with Gasteiger partial charge in [-0.15, -0.1) is 0 Å². The molecule has 118 valence electrons. The zero-order valence-corrected chi connectivity index (χ0v) is 12.3. The number of aryl methyl sites for hydroxylation is 1. The largest absolute Gasteiger partial charge is 0.477 e. The minimum absolute atomic E-state index is 0.0824. The molecule has 1 aliphatic rings. The molecule has 0 saturated carbocycles. The number of hydrogen-bond acceptors (Lipinski definition) is 4. The number of nitrogens with zero attached hydrogens (tertiary/aromatic N) is 1. The standard InChI is InChI=1S/C16H18F2N2O2/c1-2-10-7-12(17)8-13(18)14(10)22-15(11-3-4-19-9-11)16-20-5-6-21-16/h5-8,11,15,19H,2-4,9H2,1H3/t11-,15+/m0/s1. The topological polar surface area (TPSA) is 47.3 Å². The second-order valence-electron chi connectivity index (χ2n) is 5.39. The summed E-state index contributed by atoms with van der Waals surface area (Å²) in [6.07, 6.45) is 3.88. The summed E-state index contributed by atoms with van der Waals surface area (Å²) in [5.41, 5.74) is 0.500. The zero-order valence-electron chi connectivity index (χ0n) is 12.3. The number of rotatable bonds is 5. The maximum atomic E-state index is 14.2. The fourth-order valence-corrected chi connectivity index (χ4v) is 2.79. The maximum absolute atomic E-state index is 14.2. The summed E-state index contributed by atoms with van der Waals surface area (Å²) in [6, 6.07) is 2.14. The van der Waals surface area contributed by atoms with Crippen LogP contribution in [0.1, 0.15) is 30.9 Å². The highest BCUT2D eigenvalue weighted by Gasteiger charge is 2.32. The predicted octanol–water partition coefficient (Wildman–Crippen LogP) is 3.24. The number of benzene rings is 1. The third kappa shape index (κ3) is 2.97. The number of aromatic nitrogens is 1. The molecule has 1 fully saturated rings. The third-order valence-electron chi connectivity index (χ3n) is 3.93. The molecule has 1 aliphatic heterocycles. The Labute approximate surface area is 127 Å². The van der Waals surface area contributed by atoms with Crippen LogP contribution in [0.15, 0.2) is 29.0 Å². The van der Waals surface area contributed by atoms with Crippen molar-refractivity contribution in [2.75, 3.05) is 13.1 Å². The molecule has 4 nitrogen and oxygen atoms in total. The average Bonchev–Trinajstić information content (AvgIpc) is 3.19. The van der Waals surface area contributed by atoms with E-state index in [1.807, 2.05) is 6.92 Å². The minimum atomic E-state index is -0.695.